The molecule has 9 heteroatoms. The Balaban J connectivity index is 1.34. The second-order valence-corrected chi connectivity index (χ2v) is 9.42. The number of para-hydroxylation sites is 1. The number of rotatable bonds is 5. The quantitative estimate of drug-likeness (QED) is 0.318. The fourth-order valence-corrected chi connectivity index (χ4v) is 4.78. The lowest BCUT2D eigenvalue weighted by Crippen LogP contribution is -2.48. The highest BCUT2D eigenvalue weighted by Gasteiger charge is 2.42. The van der Waals surface area contributed by atoms with Gasteiger partial charge in [-0.05, 0) is 31.5 Å². The summed E-state index contributed by atoms with van der Waals surface area (Å²) in [7, 11) is 0. The molecule has 0 aliphatic heterocycles. The maximum absolute atomic E-state index is 14.6. The van der Waals surface area contributed by atoms with E-state index in [0.29, 0.717) is 22.7 Å². The summed E-state index contributed by atoms with van der Waals surface area (Å²) in [5.41, 5.74) is 3.70. The third-order valence-electron chi connectivity index (χ3n) is 6.23. The highest BCUT2D eigenvalue weighted by Crippen LogP contribution is 2.36. The second kappa shape index (κ2) is 9.26. The molecule has 4 aromatic rings. The number of carbonyl (C=O) groups excluding carboxylic acids is 1. The maximum atomic E-state index is 14.6. The van der Waals surface area contributed by atoms with Crippen LogP contribution in [0.2, 0.25) is 5.02 Å². The van der Waals surface area contributed by atoms with Gasteiger partial charge in [0.15, 0.2) is 0 Å². The van der Waals surface area contributed by atoms with Crippen LogP contribution in [0.25, 0.3) is 22.2 Å². The van der Waals surface area contributed by atoms with Gasteiger partial charge in [0.25, 0.3) is 11.8 Å². The Morgan fingerprint density at radius 2 is 1.86 bits per heavy atom. The summed E-state index contributed by atoms with van der Waals surface area (Å²) < 4.78 is 29.2. The number of fused-ring (bicyclic) bond motifs is 1. The SMILES string of the molecule is Cc1ccc(C(=O)N[C@@H]2C[C@H](Nc3ncc(Cl)c(-c4c[nH]c5ccccc45)n3)CC(F)(F)C2)cc1. The van der Waals surface area contributed by atoms with E-state index in [1.807, 2.05) is 49.5 Å². The van der Waals surface area contributed by atoms with Gasteiger partial charge in [-0.25, -0.2) is 18.7 Å². The minimum Gasteiger partial charge on any atom is -0.360 e. The molecule has 1 aliphatic carbocycles. The van der Waals surface area contributed by atoms with E-state index in [9.17, 15) is 13.6 Å². The number of alkyl halides is 2. The monoisotopic (exact) mass is 495 g/mol. The molecule has 0 spiro atoms. The zero-order valence-electron chi connectivity index (χ0n) is 19.0. The number of aromatic amines is 1. The smallest absolute Gasteiger partial charge is 0.252 e. The zero-order valence-corrected chi connectivity index (χ0v) is 19.7. The number of aromatic nitrogens is 3. The van der Waals surface area contributed by atoms with Crippen LogP contribution >= 0.6 is 11.6 Å². The molecule has 1 aliphatic rings. The van der Waals surface area contributed by atoms with Gasteiger partial charge in [-0.2, -0.15) is 0 Å². The molecule has 2 heterocycles. The van der Waals surface area contributed by atoms with Gasteiger partial charge in [0.1, 0.15) is 0 Å². The van der Waals surface area contributed by atoms with Crippen LogP contribution < -0.4 is 10.6 Å². The van der Waals surface area contributed by atoms with E-state index in [4.69, 9.17) is 11.6 Å². The van der Waals surface area contributed by atoms with Crippen LogP contribution in [-0.4, -0.2) is 38.9 Å². The fourth-order valence-electron chi connectivity index (χ4n) is 4.58. The average molecular weight is 496 g/mol. The Bertz CT molecular complexity index is 1370. The van der Waals surface area contributed by atoms with Crippen molar-refractivity contribution < 1.29 is 13.6 Å². The highest BCUT2D eigenvalue weighted by molar-refractivity contribution is 6.33. The fraction of sp³-hybridized carbons (Fsp3) is 0.269. The van der Waals surface area contributed by atoms with Crippen LogP contribution in [-0.2, 0) is 0 Å². The molecule has 2 aromatic carbocycles. The van der Waals surface area contributed by atoms with Crippen LogP contribution in [0, 0.1) is 6.92 Å². The van der Waals surface area contributed by atoms with Crippen LogP contribution in [0.1, 0.15) is 35.2 Å². The van der Waals surface area contributed by atoms with Crippen molar-refractivity contribution in [3.8, 4) is 11.3 Å². The summed E-state index contributed by atoms with van der Waals surface area (Å²) in [4.78, 5) is 24.5. The number of halogens is 3. The van der Waals surface area contributed by atoms with Crippen molar-refractivity contribution in [2.75, 3.05) is 5.32 Å². The lowest BCUT2D eigenvalue weighted by atomic mass is 9.87. The lowest BCUT2D eigenvalue weighted by Gasteiger charge is -2.35. The summed E-state index contributed by atoms with van der Waals surface area (Å²) in [6.07, 6.45) is 2.81. The van der Waals surface area contributed by atoms with Gasteiger partial charge in [0.05, 0.1) is 16.9 Å². The minimum atomic E-state index is -2.94. The summed E-state index contributed by atoms with van der Waals surface area (Å²) in [6.45, 7) is 1.92. The standard InChI is InChI=1S/C26H24ClF2N5O/c1-15-6-8-16(9-7-15)24(35)32-17-10-18(12-26(28,29)11-17)33-25-31-14-21(27)23(34-25)20-13-30-22-5-3-2-4-19(20)22/h2-9,13-14,17-18,30H,10-12H2,1H3,(H,32,35)(H,31,33,34)/t17-,18+/m1/s1. The van der Waals surface area contributed by atoms with Gasteiger partial charge in [0, 0.05) is 53.2 Å². The first kappa shape index (κ1) is 23.2. The van der Waals surface area contributed by atoms with Crippen LogP contribution in [0.3, 0.4) is 0 Å². The summed E-state index contributed by atoms with van der Waals surface area (Å²) in [5.74, 6) is -3.09. The van der Waals surface area contributed by atoms with Crippen molar-refractivity contribution in [2.24, 2.45) is 0 Å². The Morgan fingerprint density at radius 3 is 2.66 bits per heavy atom. The molecule has 0 bridgehead atoms. The number of aryl methyl sites for hydroxylation is 1. The third kappa shape index (κ3) is 5.12. The van der Waals surface area contributed by atoms with Crippen molar-refractivity contribution in [3.05, 3.63) is 77.1 Å². The van der Waals surface area contributed by atoms with Gasteiger partial charge in [-0.3, -0.25) is 4.79 Å². The van der Waals surface area contributed by atoms with Gasteiger partial charge >= 0.3 is 0 Å². The van der Waals surface area contributed by atoms with E-state index in [1.165, 1.54) is 6.20 Å². The van der Waals surface area contributed by atoms with Gasteiger partial charge in [-0.15, -0.1) is 0 Å². The topological polar surface area (TPSA) is 82.7 Å². The first-order valence-corrected chi connectivity index (χ1v) is 11.8. The number of hydrogen-bond acceptors (Lipinski definition) is 4. The molecular formula is C26H24ClF2N5O. The van der Waals surface area contributed by atoms with Crippen molar-refractivity contribution >= 4 is 34.4 Å². The number of benzene rings is 2. The van der Waals surface area contributed by atoms with Crippen LogP contribution in [0.4, 0.5) is 14.7 Å². The van der Waals surface area contributed by atoms with Gasteiger partial charge in [-0.1, -0.05) is 47.5 Å². The number of carbonyl (C=O) groups is 1. The van der Waals surface area contributed by atoms with E-state index in [2.05, 4.69) is 25.6 Å². The first-order chi connectivity index (χ1) is 16.8. The Morgan fingerprint density at radius 1 is 1.11 bits per heavy atom. The molecule has 0 radical (unpaired) electrons. The first-order valence-electron chi connectivity index (χ1n) is 11.4. The number of amides is 1. The largest absolute Gasteiger partial charge is 0.360 e. The number of hydrogen-bond donors (Lipinski definition) is 3. The lowest BCUT2D eigenvalue weighted by molar-refractivity contribution is -0.0467. The van der Waals surface area contributed by atoms with E-state index in [-0.39, 0.29) is 18.3 Å². The highest BCUT2D eigenvalue weighted by atomic mass is 35.5. The molecule has 3 N–H and O–H groups in total. The molecule has 0 unspecified atom stereocenters. The molecule has 35 heavy (non-hydrogen) atoms. The normalized spacial score (nSPS) is 19.4. The van der Waals surface area contributed by atoms with Crippen LogP contribution in [0.15, 0.2) is 60.9 Å². The molecular weight excluding hydrogens is 472 g/mol. The number of anilines is 1. The van der Waals surface area contributed by atoms with E-state index in [0.717, 1.165) is 22.0 Å². The molecule has 1 saturated carbocycles. The van der Waals surface area contributed by atoms with E-state index in [1.54, 1.807) is 12.1 Å². The van der Waals surface area contributed by atoms with Gasteiger partial charge < -0.3 is 15.6 Å². The molecule has 0 saturated heterocycles. The molecule has 6 nitrogen and oxygen atoms in total. The van der Waals surface area contributed by atoms with Crippen molar-refractivity contribution in [3.63, 3.8) is 0 Å². The number of nitrogens with zero attached hydrogens (tertiary/aromatic N) is 2. The molecule has 2 atom stereocenters. The Labute approximate surface area is 206 Å². The number of H-pyrrole nitrogens is 1. The van der Waals surface area contributed by atoms with Crippen molar-refractivity contribution in [1.82, 2.24) is 20.3 Å². The second-order valence-electron chi connectivity index (χ2n) is 9.02. The zero-order chi connectivity index (χ0) is 24.6. The summed E-state index contributed by atoms with van der Waals surface area (Å²) >= 11 is 6.39. The predicted octanol–water partition coefficient (Wildman–Crippen LogP) is 5.99. The molecule has 1 fully saturated rings. The molecule has 2 aromatic heterocycles. The Kier molecular flexibility index (Phi) is 6.15. The molecule has 180 valence electrons. The predicted molar refractivity (Wildman–Crippen MR) is 133 cm³/mol. The van der Waals surface area contributed by atoms with Gasteiger partial charge in [0.2, 0.25) is 5.95 Å². The van der Waals surface area contributed by atoms with E-state index >= 15 is 0 Å². The average Bonchev–Trinajstić information content (AvgIpc) is 3.24. The third-order valence-corrected chi connectivity index (χ3v) is 6.51. The Hall–Kier alpha value is -3.52. The molecule has 5 rings (SSSR count). The van der Waals surface area contributed by atoms with E-state index < -0.39 is 24.4 Å². The summed E-state index contributed by atoms with van der Waals surface area (Å²) in [6, 6.07) is 13.4. The number of nitrogens with one attached hydrogen (secondary N) is 3. The minimum absolute atomic E-state index is 0.209. The maximum Gasteiger partial charge on any atom is 0.252 e. The molecule has 1 amide bonds. The van der Waals surface area contributed by atoms with Crippen molar-refractivity contribution in [2.45, 2.75) is 44.2 Å². The van der Waals surface area contributed by atoms with Crippen molar-refractivity contribution in [1.29, 1.82) is 0 Å². The summed E-state index contributed by atoms with van der Waals surface area (Å²) in [5, 5.41) is 7.11. The van der Waals surface area contributed by atoms with Crippen LogP contribution in [0.5, 0.6) is 0 Å².